The molecule has 1 heterocycles. The number of hydrogen-bond acceptors (Lipinski definition) is 2. The predicted molar refractivity (Wildman–Crippen MR) is 62.8 cm³/mol. The molecule has 0 atom stereocenters. The maximum absolute atomic E-state index is 12.0. The second kappa shape index (κ2) is 3.90. The summed E-state index contributed by atoms with van der Waals surface area (Å²) in [5, 5.41) is 0. The molecule has 0 saturated heterocycles. The van der Waals surface area contributed by atoms with E-state index in [-0.39, 0.29) is 5.78 Å². The fourth-order valence-corrected chi connectivity index (χ4v) is 1.79. The lowest BCUT2D eigenvalue weighted by molar-refractivity contribution is 0.103. The molecule has 0 bridgehead atoms. The molecule has 0 saturated carbocycles. The zero-order chi connectivity index (χ0) is 10.8. The number of anilines is 1. The molecule has 1 aromatic carbocycles. The van der Waals surface area contributed by atoms with Crippen LogP contribution in [0.2, 0.25) is 0 Å². The molecule has 0 amide bonds. The topological polar surface area (TPSA) is 58.9 Å². The van der Waals surface area contributed by atoms with Crippen LogP contribution in [0.15, 0.2) is 41.1 Å². The Labute approximate surface area is 95.4 Å². The van der Waals surface area contributed by atoms with E-state index in [9.17, 15) is 4.79 Å². The van der Waals surface area contributed by atoms with Crippen LogP contribution in [0.3, 0.4) is 0 Å². The van der Waals surface area contributed by atoms with Gasteiger partial charge in [0, 0.05) is 29.2 Å². The van der Waals surface area contributed by atoms with Gasteiger partial charge in [0.15, 0.2) is 5.78 Å². The zero-order valence-corrected chi connectivity index (χ0v) is 9.41. The van der Waals surface area contributed by atoms with Gasteiger partial charge in [-0.3, -0.25) is 4.79 Å². The minimum absolute atomic E-state index is 0.0459. The first-order chi connectivity index (χ1) is 7.20. The average Bonchev–Trinajstić information content (AvgIpc) is 2.74. The van der Waals surface area contributed by atoms with Gasteiger partial charge in [0.25, 0.3) is 0 Å². The largest absolute Gasteiger partial charge is 0.398 e. The number of carbonyl (C=O) groups is 1. The smallest absolute Gasteiger partial charge is 0.195 e. The van der Waals surface area contributed by atoms with E-state index in [0.29, 0.717) is 21.3 Å². The molecule has 0 aliphatic heterocycles. The number of ketones is 1. The highest BCUT2D eigenvalue weighted by Crippen LogP contribution is 2.25. The Kier molecular flexibility index (Phi) is 2.60. The van der Waals surface area contributed by atoms with E-state index in [0.717, 1.165) is 0 Å². The van der Waals surface area contributed by atoms with E-state index in [4.69, 9.17) is 5.73 Å². The van der Waals surface area contributed by atoms with Gasteiger partial charge in [0.2, 0.25) is 0 Å². The number of nitrogen functional groups attached to an aromatic ring is 1. The van der Waals surface area contributed by atoms with Gasteiger partial charge in [-0.2, -0.15) is 0 Å². The first kappa shape index (κ1) is 9.98. The first-order valence-electron chi connectivity index (χ1n) is 4.41. The van der Waals surface area contributed by atoms with Crippen molar-refractivity contribution in [2.75, 3.05) is 5.73 Å². The van der Waals surface area contributed by atoms with Gasteiger partial charge in [-0.1, -0.05) is 6.07 Å². The van der Waals surface area contributed by atoms with Crippen molar-refractivity contribution >= 4 is 27.4 Å². The third-order valence-corrected chi connectivity index (χ3v) is 3.02. The molecule has 0 unspecified atom stereocenters. The Bertz CT molecular complexity index is 491. The average molecular weight is 265 g/mol. The minimum atomic E-state index is -0.0459. The van der Waals surface area contributed by atoms with Crippen LogP contribution >= 0.6 is 15.9 Å². The second-order valence-corrected chi connectivity index (χ2v) is 3.93. The van der Waals surface area contributed by atoms with Crippen LogP contribution in [-0.4, -0.2) is 10.8 Å². The molecule has 0 radical (unpaired) electrons. The number of hydrogen-bond donors (Lipinski definition) is 2. The minimum Gasteiger partial charge on any atom is -0.398 e. The Balaban J connectivity index is 2.47. The lowest BCUT2D eigenvalue weighted by Gasteiger charge is -2.04. The molecule has 3 nitrogen and oxygen atoms in total. The highest BCUT2D eigenvalue weighted by atomic mass is 79.9. The highest BCUT2D eigenvalue weighted by Gasteiger charge is 2.13. The van der Waals surface area contributed by atoms with E-state index >= 15 is 0 Å². The van der Waals surface area contributed by atoms with Crippen molar-refractivity contribution < 1.29 is 4.79 Å². The molecule has 0 spiro atoms. The van der Waals surface area contributed by atoms with E-state index in [1.807, 2.05) is 0 Å². The fourth-order valence-electron chi connectivity index (χ4n) is 1.35. The number of aromatic nitrogens is 1. The number of rotatable bonds is 2. The van der Waals surface area contributed by atoms with Crippen molar-refractivity contribution in [2.24, 2.45) is 0 Å². The number of aromatic amines is 1. The molecule has 2 aromatic rings. The van der Waals surface area contributed by atoms with Gasteiger partial charge in [-0.25, -0.2) is 0 Å². The molecule has 3 N–H and O–H groups in total. The number of nitrogens with two attached hydrogens (primary N) is 1. The summed E-state index contributed by atoms with van der Waals surface area (Å²) in [7, 11) is 0. The predicted octanol–water partition coefficient (Wildman–Crippen LogP) is 2.59. The molecular formula is C11H9BrN2O. The van der Waals surface area contributed by atoms with E-state index < -0.39 is 0 Å². The Morgan fingerprint density at radius 1 is 1.33 bits per heavy atom. The fraction of sp³-hybridized carbons (Fsp3) is 0. The first-order valence-corrected chi connectivity index (χ1v) is 5.21. The molecule has 0 aliphatic rings. The summed E-state index contributed by atoms with van der Waals surface area (Å²) in [6.45, 7) is 0. The zero-order valence-electron chi connectivity index (χ0n) is 7.83. The summed E-state index contributed by atoms with van der Waals surface area (Å²) in [5.74, 6) is -0.0459. The Hall–Kier alpha value is -1.55. The molecule has 76 valence electrons. The van der Waals surface area contributed by atoms with Crippen LogP contribution in [0.4, 0.5) is 5.69 Å². The maximum atomic E-state index is 12.0. The summed E-state index contributed by atoms with van der Waals surface area (Å²) >= 11 is 3.31. The van der Waals surface area contributed by atoms with Crippen molar-refractivity contribution in [1.82, 2.24) is 4.98 Å². The lowest BCUT2D eigenvalue weighted by atomic mass is 10.1. The number of H-pyrrole nitrogens is 1. The number of halogens is 1. The van der Waals surface area contributed by atoms with Crippen molar-refractivity contribution in [3.63, 3.8) is 0 Å². The number of carbonyl (C=O) groups excluding carboxylic acids is 1. The molecule has 1 aromatic heterocycles. The summed E-state index contributed by atoms with van der Waals surface area (Å²) < 4.78 is 0.649. The summed E-state index contributed by atoms with van der Waals surface area (Å²) in [5.41, 5.74) is 7.48. The van der Waals surface area contributed by atoms with E-state index in [1.54, 1.807) is 36.7 Å². The summed E-state index contributed by atoms with van der Waals surface area (Å²) in [6.07, 6.45) is 3.38. The quantitative estimate of drug-likeness (QED) is 0.647. The molecule has 4 heteroatoms. The molecule has 2 rings (SSSR count). The van der Waals surface area contributed by atoms with Gasteiger partial charge in [-0.05, 0) is 34.1 Å². The molecular weight excluding hydrogens is 256 g/mol. The Morgan fingerprint density at radius 3 is 2.80 bits per heavy atom. The summed E-state index contributed by atoms with van der Waals surface area (Å²) in [6, 6.07) is 6.99. The van der Waals surface area contributed by atoms with Gasteiger partial charge >= 0.3 is 0 Å². The van der Waals surface area contributed by atoms with Crippen LogP contribution in [0.1, 0.15) is 15.9 Å². The van der Waals surface area contributed by atoms with Gasteiger partial charge in [-0.15, -0.1) is 0 Å². The monoisotopic (exact) mass is 264 g/mol. The van der Waals surface area contributed by atoms with Gasteiger partial charge in [0.05, 0.1) is 4.47 Å². The molecule has 0 fully saturated rings. The Morgan fingerprint density at radius 2 is 2.13 bits per heavy atom. The number of nitrogens with one attached hydrogen (secondary N) is 1. The van der Waals surface area contributed by atoms with Crippen molar-refractivity contribution in [2.45, 2.75) is 0 Å². The molecule has 0 aliphatic carbocycles. The second-order valence-electron chi connectivity index (χ2n) is 3.14. The van der Waals surface area contributed by atoms with Crippen LogP contribution < -0.4 is 5.73 Å². The van der Waals surface area contributed by atoms with Gasteiger partial charge in [0.1, 0.15) is 0 Å². The van der Waals surface area contributed by atoms with Crippen molar-refractivity contribution in [3.05, 3.63) is 52.3 Å². The van der Waals surface area contributed by atoms with Crippen LogP contribution in [0.5, 0.6) is 0 Å². The van der Waals surface area contributed by atoms with Gasteiger partial charge < -0.3 is 10.7 Å². The van der Waals surface area contributed by atoms with E-state index in [2.05, 4.69) is 20.9 Å². The maximum Gasteiger partial charge on any atom is 0.195 e. The van der Waals surface area contributed by atoms with Crippen molar-refractivity contribution in [1.29, 1.82) is 0 Å². The molecule has 15 heavy (non-hydrogen) atoms. The van der Waals surface area contributed by atoms with Crippen molar-refractivity contribution in [3.8, 4) is 0 Å². The van der Waals surface area contributed by atoms with E-state index in [1.165, 1.54) is 0 Å². The third-order valence-electron chi connectivity index (χ3n) is 2.13. The standard InChI is InChI=1S/C11H9BrN2O/c12-10-8(2-1-3-9(10)13)11(15)7-4-5-14-6-7/h1-6,14H,13H2. The SMILES string of the molecule is Nc1cccc(C(=O)c2cc[nH]c2)c1Br. The lowest BCUT2D eigenvalue weighted by Crippen LogP contribution is -2.02. The van der Waals surface area contributed by atoms with Crippen LogP contribution in [-0.2, 0) is 0 Å². The summed E-state index contributed by atoms with van der Waals surface area (Å²) in [4.78, 5) is 14.8. The highest BCUT2D eigenvalue weighted by molar-refractivity contribution is 9.10. The third kappa shape index (κ3) is 1.80. The van der Waals surface area contributed by atoms with Crippen LogP contribution in [0, 0.1) is 0 Å². The van der Waals surface area contributed by atoms with Crippen LogP contribution in [0.25, 0.3) is 0 Å². The number of benzene rings is 1. The normalized spacial score (nSPS) is 10.2.